The normalized spacial score (nSPS) is 12.0. The standard InChI is InChI=1S/C12H18FN5/c1-6(2)8(7(3)4)16-11-9-10(15-5-14-9)17-12(13)18-11/h5-8H,1-4H3,(H2,14,15,16,17,18). The molecule has 18 heavy (non-hydrogen) atoms. The first-order valence-electron chi connectivity index (χ1n) is 6.12. The molecule has 2 rings (SSSR count). The van der Waals surface area contributed by atoms with E-state index >= 15 is 0 Å². The number of anilines is 1. The number of nitrogens with one attached hydrogen (secondary N) is 2. The highest BCUT2D eigenvalue weighted by Crippen LogP contribution is 2.22. The maximum Gasteiger partial charge on any atom is 0.312 e. The monoisotopic (exact) mass is 251 g/mol. The summed E-state index contributed by atoms with van der Waals surface area (Å²) in [6.07, 6.45) is 0.729. The summed E-state index contributed by atoms with van der Waals surface area (Å²) in [5.74, 6) is 1.31. The second kappa shape index (κ2) is 4.88. The molecule has 6 heteroatoms. The van der Waals surface area contributed by atoms with Crippen molar-refractivity contribution in [1.82, 2.24) is 19.9 Å². The van der Waals surface area contributed by atoms with E-state index in [-0.39, 0.29) is 6.04 Å². The Hall–Kier alpha value is -1.72. The summed E-state index contributed by atoms with van der Waals surface area (Å²) in [7, 11) is 0. The van der Waals surface area contributed by atoms with Crippen molar-refractivity contribution >= 4 is 17.0 Å². The van der Waals surface area contributed by atoms with Crippen molar-refractivity contribution in [2.45, 2.75) is 33.7 Å². The third kappa shape index (κ3) is 2.42. The number of aromatic amines is 1. The average Bonchev–Trinajstić information content (AvgIpc) is 2.72. The first-order valence-corrected chi connectivity index (χ1v) is 6.12. The molecule has 2 aromatic rings. The van der Waals surface area contributed by atoms with Crippen molar-refractivity contribution in [1.29, 1.82) is 0 Å². The first-order chi connectivity index (χ1) is 8.49. The van der Waals surface area contributed by atoms with E-state index in [1.54, 1.807) is 0 Å². The molecule has 0 fully saturated rings. The van der Waals surface area contributed by atoms with Crippen molar-refractivity contribution in [3.8, 4) is 0 Å². The van der Waals surface area contributed by atoms with Crippen molar-refractivity contribution in [3.05, 3.63) is 12.4 Å². The number of H-pyrrole nitrogens is 1. The Morgan fingerprint density at radius 2 is 1.83 bits per heavy atom. The van der Waals surface area contributed by atoms with Crippen LogP contribution in [0.25, 0.3) is 11.2 Å². The number of hydrogen-bond donors (Lipinski definition) is 2. The Balaban J connectivity index is 2.38. The zero-order valence-corrected chi connectivity index (χ0v) is 11.0. The van der Waals surface area contributed by atoms with Crippen LogP contribution in [-0.2, 0) is 0 Å². The zero-order valence-electron chi connectivity index (χ0n) is 11.0. The van der Waals surface area contributed by atoms with Crippen LogP contribution in [-0.4, -0.2) is 26.0 Å². The molecule has 0 saturated carbocycles. The Bertz CT molecular complexity index is 526. The SMILES string of the molecule is CC(C)C(Nc1nc(F)nc2nc[nH]c12)C(C)C. The van der Waals surface area contributed by atoms with Gasteiger partial charge in [-0.25, -0.2) is 4.98 Å². The van der Waals surface area contributed by atoms with Crippen LogP contribution < -0.4 is 5.32 Å². The van der Waals surface area contributed by atoms with Gasteiger partial charge in [-0.2, -0.15) is 14.4 Å². The zero-order chi connectivity index (χ0) is 13.3. The molecular formula is C12H18FN5. The summed E-state index contributed by atoms with van der Waals surface area (Å²) in [5.41, 5.74) is 0.985. The highest BCUT2D eigenvalue weighted by atomic mass is 19.1. The van der Waals surface area contributed by atoms with E-state index in [9.17, 15) is 4.39 Å². The molecule has 0 spiro atoms. The molecule has 2 N–H and O–H groups in total. The number of fused-ring (bicyclic) bond motifs is 1. The van der Waals surface area contributed by atoms with Gasteiger partial charge < -0.3 is 10.3 Å². The second-order valence-electron chi connectivity index (χ2n) is 5.10. The van der Waals surface area contributed by atoms with E-state index in [2.05, 4.69) is 52.9 Å². The van der Waals surface area contributed by atoms with Crippen molar-refractivity contribution in [3.63, 3.8) is 0 Å². The van der Waals surface area contributed by atoms with Crippen molar-refractivity contribution in [2.24, 2.45) is 11.8 Å². The van der Waals surface area contributed by atoms with Gasteiger partial charge in [-0.1, -0.05) is 27.7 Å². The van der Waals surface area contributed by atoms with E-state index < -0.39 is 6.08 Å². The number of rotatable bonds is 4. The summed E-state index contributed by atoms with van der Waals surface area (Å²) in [5, 5.41) is 3.29. The maximum atomic E-state index is 13.3. The molecule has 0 saturated heterocycles. The molecule has 5 nitrogen and oxygen atoms in total. The largest absolute Gasteiger partial charge is 0.365 e. The molecule has 0 amide bonds. The predicted molar refractivity (Wildman–Crippen MR) is 68.7 cm³/mol. The Morgan fingerprint density at radius 3 is 2.44 bits per heavy atom. The molecular weight excluding hydrogens is 233 g/mol. The van der Waals surface area contributed by atoms with Gasteiger partial charge in [0.2, 0.25) is 0 Å². The summed E-state index contributed by atoms with van der Waals surface area (Å²) >= 11 is 0. The molecule has 0 aromatic carbocycles. The number of halogens is 1. The van der Waals surface area contributed by atoms with E-state index in [4.69, 9.17) is 0 Å². The molecule has 2 heterocycles. The van der Waals surface area contributed by atoms with Gasteiger partial charge in [0.25, 0.3) is 0 Å². The topological polar surface area (TPSA) is 66.5 Å². The molecule has 0 aliphatic carbocycles. The maximum absolute atomic E-state index is 13.3. The van der Waals surface area contributed by atoms with Crippen molar-refractivity contribution < 1.29 is 4.39 Å². The lowest BCUT2D eigenvalue weighted by Crippen LogP contribution is -2.31. The minimum atomic E-state index is -0.761. The van der Waals surface area contributed by atoms with Crippen LogP contribution in [0.1, 0.15) is 27.7 Å². The van der Waals surface area contributed by atoms with Crippen LogP contribution in [0.15, 0.2) is 6.33 Å². The molecule has 98 valence electrons. The van der Waals surface area contributed by atoms with Crippen LogP contribution in [0.5, 0.6) is 0 Å². The quantitative estimate of drug-likeness (QED) is 0.820. The highest BCUT2D eigenvalue weighted by molar-refractivity contribution is 5.82. The minimum Gasteiger partial charge on any atom is -0.365 e. The molecule has 0 aliphatic rings. The third-order valence-corrected chi connectivity index (χ3v) is 3.00. The molecule has 0 aliphatic heterocycles. The number of imidazole rings is 1. The van der Waals surface area contributed by atoms with Gasteiger partial charge in [0.05, 0.1) is 6.33 Å². The fourth-order valence-electron chi connectivity index (χ4n) is 2.17. The van der Waals surface area contributed by atoms with Gasteiger partial charge in [0, 0.05) is 6.04 Å². The molecule has 0 bridgehead atoms. The fraction of sp³-hybridized carbons (Fsp3) is 0.583. The van der Waals surface area contributed by atoms with Gasteiger partial charge in [0.15, 0.2) is 11.5 Å². The fourth-order valence-corrected chi connectivity index (χ4v) is 2.17. The van der Waals surface area contributed by atoms with E-state index in [1.165, 1.54) is 6.33 Å². The predicted octanol–water partition coefficient (Wildman–Crippen LogP) is 2.58. The van der Waals surface area contributed by atoms with Gasteiger partial charge in [-0.3, -0.25) is 0 Å². The lowest BCUT2D eigenvalue weighted by atomic mass is 9.93. The van der Waals surface area contributed by atoms with Crippen LogP contribution in [0.2, 0.25) is 0 Å². The summed E-state index contributed by atoms with van der Waals surface area (Å²) < 4.78 is 13.3. The molecule has 0 radical (unpaired) electrons. The number of aromatic nitrogens is 4. The van der Waals surface area contributed by atoms with Crippen molar-refractivity contribution in [2.75, 3.05) is 5.32 Å². The van der Waals surface area contributed by atoms with Gasteiger partial charge in [-0.15, -0.1) is 0 Å². The highest BCUT2D eigenvalue weighted by Gasteiger charge is 2.20. The molecule has 0 atom stereocenters. The Morgan fingerprint density at radius 1 is 1.17 bits per heavy atom. The van der Waals surface area contributed by atoms with Crippen LogP contribution in [0, 0.1) is 17.9 Å². The van der Waals surface area contributed by atoms with Gasteiger partial charge in [0.1, 0.15) is 5.52 Å². The minimum absolute atomic E-state index is 0.214. The summed E-state index contributed by atoms with van der Waals surface area (Å²) in [6, 6.07) is 0.214. The van der Waals surface area contributed by atoms with E-state index in [0.717, 1.165) is 0 Å². The lowest BCUT2D eigenvalue weighted by molar-refractivity contribution is 0.411. The second-order valence-corrected chi connectivity index (χ2v) is 5.10. The van der Waals surface area contributed by atoms with E-state index in [1.807, 2.05) is 0 Å². The Kier molecular flexibility index (Phi) is 3.45. The van der Waals surface area contributed by atoms with Crippen LogP contribution in [0.4, 0.5) is 10.2 Å². The van der Waals surface area contributed by atoms with Gasteiger partial charge in [-0.05, 0) is 11.8 Å². The van der Waals surface area contributed by atoms with E-state index in [0.29, 0.717) is 28.8 Å². The average molecular weight is 251 g/mol. The van der Waals surface area contributed by atoms with Crippen LogP contribution >= 0.6 is 0 Å². The first kappa shape index (κ1) is 12.7. The summed E-state index contributed by atoms with van der Waals surface area (Å²) in [4.78, 5) is 14.3. The third-order valence-electron chi connectivity index (χ3n) is 3.00. The molecule has 2 aromatic heterocycles. The lowest BCUT2D eigenvalue weighted by Gasteiger charge is -2.26. The smallest absolute Gasteiger partial charge is 0.312 e. The van der Waals surface area contributed by atoms with Crippen LogP contribution in [0.3, 0.4) is 0 Å². The summed E-state index contributed by atoms with van der Waals surface area (Å²) in [6.45, 7) is 8.50. The number of nitrogens with zero attached hydrogens (tertiary/aromatic N) is 3. The van der Waals surface area contributed by atoms with Gasteiger partial charge >= 0.3 is 6.08 Å². The number of hydrogen-bond acceptors (Lipinski definition) is 4. The Labute approximate surface area is 105 Å². The molecule has 0 unspecified atom stereocenters.